The second kappa shape index (κ2) is 10.1. The molecule has 4 rings (SSSR count). The van der Waals surface area contributed by atoms with Gasteiger partial charge >= 0.3 is 0 Å². The Morgan fingerprint density at radius 3 is 2.58 bits per heavy atom. The number of alkyl halides is 1. The van der Waals surface area contributed by atoms with Crippen LogP contribution in [0.5, 0.6) is 0 Å². The highest BCUT2D eigenvalue weighted by molar-refractivity contribution is 9.09. The first-order chi connectivity index (χ1) is 15.8. The molecule has 1 spiro atoms. The average Bonchev–Trinajstić information content (AvgIpc) is 3.38. The zero-order valence-corrected chi connectivity index (χ0v) is 21.6. The monoisotopic (exact) mass is 557 g/mol. The third kappa shape index (κ3) is 4.42. The molecule has 3 aliphatic heterocycles. The fourth-order valence-corrected chi connectivity index (χ4v) is 9.37. The first-order valence-electron chi connectivity index (χ1n) is 11.4. The number of hydrogen-bond acceptors (Lipinski definition) is 5. The van der Waals surface area contributed by atoms with Gasteiger partial charge in [0, 0.05) is 41.0 Å². The molecule has 2 bridgehead atoms. The first-order valence-corrected chi connectivity index (χ1v) is 13.5. The van der Waals surface area contributed by atoms with Crippen molar-refractivity contribution in [3.05, 3.63) is 29.3 Å². The minimum atomic E-state index is -0.659. The van der Waals surface area contributed by atoms with Gasteiger partial charge in [-0.15, -0.1) is 11.8 Å². The van der Waals surface area contributed by atoms with Crippen molar-refractivity contribution < 1.29 is 19.5 Å². The molecule has 0 aliphatic carbocycles. The number of halogens is 2. The van der Waals surface area contributed by atoms with E-state index in [-0.39, 0.29) is 34.4 Å². The molecule has 33 heavy (non-hydrogen) atoms. The molecule has 7 nitrogen and oxygen atoms in total. The lowest BCUT2D eigenvalue weighted by Crippen LogP contribution is -2.53. The quantitative estimate of drug-likeness (QED) is 0.320. The number of aliphatic hydroxyl groups is 1. The molecule has 3 amide bonds. The molecular formula is C23H29BrClN3O4S. The van der Waals surface area contributed by atoms with Gasteiger partial charge in [0.05, 0.1) is 16.6 Å². The molecule has 0 aromatic heterocycles. The first kappa shape index (κ1) is 24.8. The summed E-state index contributed by atoms with van der Waals surface area (Å²) in [6.07, 6.45) is 3.86. The normalized spacial score (nSPS) is 32.2. The van der Waals surface area contributed by atoms with Crippen molar-refractivity contribution in [2.45, 2.75) is 53.0 Å². The summed E-state index contributed by atoms with van der Waals surface area (Å²) in [6.45, 7) is 0.609. The summed E-state index contributed by atoms with van der Waals surface area (Å²) >= 11 is 11.3. The molecule has 3 aliphatic rings. The van der Waals surface area contributed by atoms with Crippen molar-refractivity contribution >= 4 is 62.7 Å². The number of carbonyl (C=O) groups excluding carboxylic acids is 3. The van der Waals surface area contributed by atoms with Gasteiger partial charge in [0.1, 0.15) is 6.04 Å². The largest absolute Gasteiger partial charge is 0.396 e. The second-order valence-corrected chi connectivity index (χ2v) is 12.1. The van der Waals surface area contributed by atoms with Crippen molar-refractivity contribution in [2.24, 2.45) is 11.8 Å². The number of unbranched alkanes of at least 4 members (excludes halogenated alkanes) is 3. The number of rotatable bonds is 9. The van der Waals surface area contributed by atoms with E-state index in [1.54, 1.807) is 48.0 Å². The SMILES string of the molecule is CNC(=O)[C@H]1[C@H]2C(=O)N(CCCCCCO)C(C(=O)Nc3ccc(Cl)cc3)C23CC(Br)[C@@H]1S3. The molecule has 3 fully saturated rings. The second-order valence-electron chi connectivity index (χ2n) is 8.94. The number of thioether (sulfide) groups is 1. The molecule has 3 unspecified atom stereocenters. The Morgan fingerprint density at radius 1 is 1.21 bits per heavy atom. The predicted molar refractivity (Wildman–Crippen MR) is 134 cm³/mol. The number of nitrogens with one attached hydrogen (secondary N) is 2. The lowest BCUT2D eigenvalue weighted by atomic mass is 9.70. The van der Waals surface area contributed by atoms with Gasteiger partial charge in [0.2, 0.25) is 17.7 Å². The predicted octanol–water partition coefficient (Wildman–Crippen LogP) is 3.04. The van der Waals surface area contributed by atoms with Crippen LogP contribution in [0.1, 0.15) is 32.1 Å². The van der Waals surface area contributed by atoms with E-state index in [1.807, 2.05) is 0 Å². The number of carbonyl (C=O) groups is 3. The smallest absolute Gasteiger partial charge is 0.248 e. The van der Waals surface area contributed by atoms with E-state index in [2.05, 4.69) is 26.6 Å². The molecule has 3 saturated heterocycles. The van der Waals surface area contributed by atoms with Crippen LogP contribution in [0, 0.1) is 11.8 Å². The van der Waals surface area contributed by atoms with Crippen LogP contribution in [0.25, 0.3) is 0 Å². The highest BCUT2D eigenvalue weighted by Gasteiger charge is 2.75. The van der Waals surface area contributed by atoms with Crippen molar-refractivity contribution in [2.75, 3.05) is 25.5 Å². The van der Waals surface area contributed by atoms with E-state index in [9.17, 15) is 14.4 Å². The Kier molecular flexibility index (Phi) is 7.63. The van der Waals surface area contributed by atoms with Gasteiger partial charge in [-0.2, -0.15) is 0 Å². The standard InChI is InChI=1S/C23H29BrClN3O4S/c1-26-20(30)16-17-22(32)28(10-4-2-3-5-11-29)19(23(17)12-15(24)18(16)33-23)21(31)27-14-8-6-13(25)7-9-14/h6-9,15-19,29H,2-5,10-12H2,1H3,(H,26,30)(H,27,31)/t15?,16-,17-,18-,19?,23?/m0/s1. The van der Waals surface area contributed by atoms with Crippen LogP contribution in [0.2, 0.25) is 5.02 Å². The number of amides is 3. The summed E-state index contributed by atoms with van der Waals surface area (Å²) in [5.74, 6) is -1.45. The minimum absolute atomic E-state index is 0.0450. The lowest BCUT2D eigenvalue weighted by molar-refractivity contribution is -0.139. The van der Waals surface area contributed by atoms with Crippen LogP contribution in [0.4, 0.5) is 5.69 Å². The third-order valence-corrected chi connectivity index (χ3v) is 10.5. The van der Waals surface area contributed by atoms with Crippen LogP contribution in [-0.2, 0) is 14.4 Å². The topological polar surface area (TPSA) is 98.7 Å². The van der Waals surface area contributed by atoms with Crippen LogP contribution >= 0.6 is 39.3 Å². The van der Waals surface area contributed by atoms with Crippen LogP contribution in [0.3, 0.4) is 0 Å². The van der Waals surface area contributed by atoms with E-state index in [0.29, 0.717) is 23.7 Å². The molecule has 6 atom stereocenters. The van der Waals surface area contributed by atoms with Crippen molar-refractivity contribution in [3.8, 4) is 0 Å². The number of fused-ring (bicyclic) bond motifs is 1. The number of likely N-dealkylation sites (tertiary alicyclic amines) is 1. The molecule has 3 N–H and O–H groups in total. The molecule has 0 radical (unpaired) electrons. The van der Waals surface area contributed by atoms with Gasteiger partial charge in [0.25, 0.3) is 0 Å². The Bertz CT molecular complexity index is 919. The van der Waals surface area contributed by atoms with E-state index in [0.717, 1.165) is 25.7 Å². The zero-order valence-electron chi connectivity index (χ0n) is 18.4. The zero-order chi connectivity index (χ0) is 23.8. The molecule has 1 aromatic carbocycles. The van der Waals surface area contributed by atoms with E-state index < -0.39 is 22.6 Å². The number of hydrogen-bond donors (Lipinski definition) is 3. The number of aliphatic hydroxyl groups excluding tert-OH is 1. The van der Waals surface area contributed by atoms with E-state index in [1.165, 1.54) is 0 Å². The maximum absolute atomic E-state index is 13.7. The summed E-state index contributed by atoms with van der Waals surface area (Å²) in [5, 5.41) is 15.3. The van der Waals surface area contributed by atoms with E-state index >= 15 is 0 Å². The molecule has 3 heterocycles. The number of benzene rings is 1. The van der Waals surface area contributed by atoms with Gasteiger partial charge in [0.15, 0.2) is 0 Å². The Hall–Kier alpha value is -1.29. The fraction of sp³-hybridized carbons (Fsp3) is 0.609. The summed E-state index contributed by atoms with van der Waals surface area (Å²) in [4.78, 5) is 42.0. The summed E-state index contributed by atoms with van der Waals surface area (Å²) in [5.41, 5.74) is 0.621. The minimum Gasteiger partial charge on any atom is -0.396 e. The molecule has 10 heteroatoms. The van der Waals surface area contributed by atoms with Crippen LogP contribution in [-0.4, -0.2) is 68.8 Å². The molecule has 180 valence electrons. The molecule has 1 aromatic rings. The van der Waals surface area contributed by atoms with Gasteiger partial charge in [-0.05, 0) is 43.5 Å². The van der Waals surface area contributed by atoms with Crippen LogP contribution in [0.15, 0.2) is 24.3 Å². The number of anilines is 1. The maximum atomic E-state index is 13.7. The van der Waals surface area contributed by atoms with Crippen molar-refractivity contribution in [1.82, 2.24) is 10.2 Å². The van der Waals surface area contributed by atoms with Gasteiger partial charge < -0.3 is 20.6 Å². The van der Waals surface area contributed by atoms with Gasteiger partial charge in [-0.3, -0.25) is 14.4 Å². The van der Waals surface area contributed by atoms with Crippen LogP contribution < -0.4 is 10.6 Å². The van der Waals surface area contributed by atoms with Crippen molar-refractivity contribution in [1.29, 1.82) is 0 Å². The van der Waals surface area contributed by atoms with Crippen molar-refractivity contribution in [3.63, 3.8) is 0 Å². The fourth-order valence-electron chi connectivity index (χ4n) is 5.63. The highest BCUT2D eigenvalue weighted by atomic mass is 79.9. The van der Waals surface area contributed by atoms with Gasteiger partial charge in [-0.1, -0.05) is 40.4 Å². The highest BCUT2D eigenvalue weighted by Crippen LogP contribution is 2.67. The Labute approximate surface area is 211 Å². The Balaban J connectivity index is 1.63. The maximum Gasteiger partial charge on any atom is 0.248 e. The van der Waals surface area contributed by atoms with Gasteiger partial charge in [-0.25, -0.2) is 0 Å². The summed E-state index contributed by atoms with van der Waals surface area (Å²) in [6, 6.07) is 6.25. The molecule has 0 saturated carbocycles. The number of nitrogens with zero attached hydrogens (tertiary/aromatic N) is 1. The summed E-state index contributed by atoms with van der Waals surface area (Å²) in [7, 11) is 1.60. The summed E-state index contributed by atoms with van der Waals surface area (Å²) < 4.78 is -0.644. The lowest BCUT2D eigenvalue weighted by Gasteiger charge is -2.35. The Morgan fingerprint density at radius 2 is 1.91 bits per heavy atom. The average molecular weight is 559 g/mol. The molecular weight excluding hydrogens is 530 g/mol. The van der Waals surface area contributed by atoms with E-state index in [4.69, 9.17) is 16.7 Å². The third-order valence-electron chi connectivity index (χ3n) is 7.01.